The summed E-state index contributed by atoms with van der Waals surface area (Å²) in [5, 5.41) is 13.1. The van der Waals surface area contributed by atoms with Gasteiger partial charge >= 0.3 is 0 Å². The van der Waals surface area contributed by atoms with Gasteiger partial charge in [0.1, 0.15) is 0 Å². The number of H-pyrrole nitrogens is 1. The van der Waals surface area contributed by atoms with E-state index in [0.717, 1.165) is 13.0 Å². The molecule has 80 valence electrons. The number of para-hydroxylation sites is 1. The van der Waals surface area contributed by atoms with Crippen molar-refractivity contribution in [2.75, 3.05) is 19.7 Å². The van der Waals surface area contributed by atoms with E-state index in [2.05, 4.69) is 34.6 Å². The number of nitrogens with one attached hydrogen (secondary N) is 2. The molecule has 0 aliphatic rings. The SMILES string of the molecule is OCCNCCc1cccc2cc[nH]c12. The number of aromatic nitrogens is 1. The number of hydrogen-bond acceptors (Lipinski definition) is 2. The molecular weight excluding hydrogens is 188 g/mol. The van der Waals surface area contributed by atoms with Crippen LogP contribution >= 0.6 is 0 Å². The maximum Gasteiger partial charge on any atom is 0.0555 e. The summed E-state index contributed by atoms with van der Waals surface area (Å²) in [5.41, 5.74) is 2.55. The zero-order chi connectivity index (χ0) is 10.5. The minimum absolute atomic E-state index is 0.201. The van der Waals surface area contributed by atoms with Gasteiger partial charge in [-0.15, -0.1) is 0 Å². The predicted molar refractivity (Wildman–Crippen MR) is 62.0 cm³/mol. The molecule has 1 aromatic carbocycles. The molecule has 0 amide bonds. The Labute approximate surface area is 89.1 Å². The molecule has 3 heteroatoms. The van der Waals surface area contributed by atoms with E-state index in [0.29, 0.717) is 6.54 Å². The van der Waals surface area contributed by atoms with Crippen LogP contribution in [0.5, 0.6) is 0 Å². The van der Waals surface area contributed by atoms with Crippen molar-refractivity contribution >= 4 is 10.9 Å². The third-order valence-corrected chi connectivity index (χ3v) is 2.53. The van der Waals surface area contributed by atoms with E-state index >= 15 is 0 Å². The lowest BCUT2D eigenvalue weighted by Crippen LogP contribution is -2.20. The number of benzene rings is 1. The molecule has 3 nitrogen and oxygen atoms in total. The maximum absolute atomic E-state index is 8.63. The Balaban J connectivity index is 2.04. The zero-order valence-corrected chi connectivity index (χ0v) is 8.66. The Hall–Kier alpha value is -1.32. The predicted octanol–water partition coefficient (Wildman–Crippen LogP) is 1.29. The fourth-order valence-electron chi connectivity index (χ4n) is 1.79. The standard InChI is InChI=1S/C12H16N2O/c15-9-8-13-6-4-10-2-1-3-11-5-7-14-12(10)11/h1-3,5,7,13-15H,4,6,8-9H2. The topological polar surface area (TPSA) is 48.0 Å². The number of aromatic amines is 1. The van der Waals surface area contributed by atoms with Crippen molar-refractivity contribution in [1.29, 1.82) is 0 Å². The largest absolute Gasteiger partial charge is 0.395 e. The van der Waals surface area contributed by atoms with Gasteiger partial charge in [-0.3, -0.25) is 0 Å². The highest BCUT2D eigenvalue weighted by Gasteiger charge is 2.00. The van der Waals surface area contributed by atoms with Crippen LogP contribution < -0.4 is 5.32 Å². The van der Waals surface area contributed by atoms with Crippen LogP contribution in [-0.2, 0) is 6.42 Å². The van der Waals surface area contributed by atoms with Gasteiger partial charge in [-0.2, -0.15) is 0 Å². The second-order valence-corrected chi connectivity index (χ2v) is 3.58. The van der Waals surface area contributed by atoms with E-state index in [1.165, 1.54) is 16.5 Å². The Kier molecular flexibility index (Phi) is 3.37. The second kappa shape index (κ2) is 4.96. The molecule has 0 bridgehead atoms. The van der Waals surface area contributed by atoms with E-state index in [-0.39, 0.29) is 6.61 Å². The van der Waals surface area contributed by atoms with E-state index in [1.807, 2.05) is 6.20 Å². The lowest BCUT2D eigenvalue weighted by Gasteiger charge is -2.04. The average molecular weight is 204 g/mol. The molecule has 0 saturated carbocycles. The summed E-state index contributed by atoms with van der Waals surface area (Å²) < 4.78 is 0. The molecule has 1 heterocycles. The fourth-order valence-corrected chi connectivity index (χ4v) is 1.79. The Morgan fingerprint density at radius 3 is 3.00 bits per heavy atom. The molecule has 2 aromatic rings. The normalized spacial score (nSPS) is 11.0. The van der Waals surface area contributed by atoms with Crippen molar-refractivity contribution < 1.29 is 5.11 Å². The number of rotatable bonds is 5. The first-order valence-corrected chi connectivity index (χ1v) is 5.28. The monoisotopic (exact) mass is 204 g/mol. The van der Waals surface area contributed by atoms with Gasteiger partial charge in [-0.25, -0.2) is 0 Å². The third kappa shape index (κ3) is 2.37. The van der Waals surface area contributed by atoms with Gasteiger partial charge in [-0.05, 0) is 30.0 Å². The van der Waals surface area contributed by atoms with Crippen LogP contribution in [0.25, 0.3) is 10.9 Å². The molecule has 2 rings (SSSR count). The van der Waals surface area contributed by atoms with Gasteiger partial charge in [0.25, 0.3) is 0 Å². The minimum atomic E-state index is 0.201. The molecule has 0 spiro atoms. The molecule has 0 atom stereocenters. The van der Waals surface area contributed by atoms with Crippen LogP contribution in [0.2, 0.25) is 0 Å². The Morgan fingerprint density at radius 2 is 2.13 bits per heavy atom. The van der Waals surface area contributed by atoms with Crippen LogP contribution in [0.1, 0.15) is 5.56 Å². The van der Waals surface area contributed by atoms with Crippen molar-refractivity contribution in [3.05, 3.63) is 36.0 Å². The lowest BCUT2D eigenvalue weighted by molar-refractivity contribution is 0.293. The molecule has 15 heavy (non-hydrogen) atoms. The first-order valence-electron chi connectivity index (χ1n) is 5.28. The van der Waals surface area contributed by atoms with Crippen molar-refractivity contribution in [2.45, 2.75) is 6.42 Å². The quantitative estimate of drug-likeness (QED) is 0.643. The summed E-state index contributed by atoms with van der Waals surface area (Å²) in [6.45, 7) is 1.77. The van der Waals surface area contributed by atoms with Gasteiger partial charge < -0.3 is 15.4 Å². The number of aliphatic hydroxyl groups is 1. The summed E-state index contributed by atoms with van der Waals surface area (Å²) >= 11 is 0. The zero-order valence-electron chi connectivity index (χ0n) is 8.66. The Bertz CT molecular complexity index is 422. The van der Waals surface area contributed by atoms with E-state index in [1.54, 1.807) is 0 Å². The molecule has 0 saturated heterocycles. The molecule has 0 unspecified atom stereocenters. The number of fused-ring (bicyclic) bond motifs is 1. The van der Waals surface area contributed by atoms with Crippen molar-refractivity contribution in [3.8, 4) is 0 Å². The van der Waals surface area contributed by atoms with Crippen molar-refractivity contribution in [3.63, 3.8) is 0 Å². The third-order valence-electron chi connectivity index (χ3n) is 2.53. The molecular formula is C12H16N2O. The van der Waals surface area contributed by atoms with Gasteiger partial charge in [0.15, 0.2) is 0 Å². The summed E-state index contributed by atoms with van der Waals surface area (Å²) in [4.78, 5) is 3.25. The number of hydrogen-bond donors (Lipinski definition) is 3. The first-order chi connectivity index (χ1) is 7.42. The summed E-state index contributed by atoms with van der Waals surface area (Å²) in [6, 6.07) is 8.41. The van der Waals surface area contributed by atoms with Crippen LogP contribution in [-0.4, -0.2) is 29.8 Å². The minimum Gasteiger partial charge on any atom is -0.395 e. The van der Waals surface area contributed by atoms with Crippen LogP contribution in [0.4, 0.5) is 0 Å². The second-order valence-electron chi connectivity index (χ2n) is 3.58. The highest BCUT2D eigenvalue weighted by atomic mass is 16.3. The smallest absolute Gasteiger partial charge is 0.0555 e. The molecule has 0 radical (unpaired) electrons. The lowest BCUT2D eigenvalue weighted by atomic mass is 10.1. The van der Waals surface area contributed by atoms with E-state index in [4.69, 9.17) is 5.11 Å². The van der Waals surface area contributed by atoms with Gasteiger partial charge in [0.05, 0.1) is 6.61 Å². The maximum atomic E-state index is 8.63. The van der Waals surface area contributed by atoms with Crippen molar-refractivity contribution in [1.82, 2.24) is 10.3 Å². The van der Waals surface area contributed by atoms with Gasteiger partial charge in [-0.1, -0.05) is 18.2 Å². The van der Waals surface area contributed by atoms with Crippen LogP contribution in [0.3, 0.4) is 0 Å². The van der Waals surface area contributed by atoms with Gasteiger partial charge in [0, 0.05) is 18.3 Å². The number of aliphatic hydroxyl groups excluding tert-OH is 1. The fraction of sp³-hybridized carbons (Fsp3) is 0.333. The molecule has 0 aliphatic carbocycles. The summed E-state index contributed by atoms with van der Waals surface area (Å²) in [7, 11) is 0. The van der Waals surface area contributed by atoms with Crippen LogP contribution in [0.15, 0.2) is 30.5 Å². The van der Waals surface area contributed by atoms with E-state index in [9.17, 15) is 0 Å². The highest BCUT2D eigenvalue weighted by Crippen LogP contribution is 2.16. The average Bonchev–Trinajstić information content (AvgIpc) is 2.73. The van der Waals surface area contributed by atoms with E-state index < -0.39 is 0 Å². The molecule has 3 N–H and O–H groups in total. The van der Waals surface area contributed by atoms with Crippen molar-refractivity contribution in [2.24, 2.45) is 0 Å². The molecule has 0 fully saturated rings. The highest BCUT2D eigenvalue weighted by molar-refractivity contribution is 5.82. The molecule has 0 aliphatic heterocycles. The molecule has 1 aromatic heterocycles. The first kappa shape index (κ1) is 10.2. The summed E-state index contributed by atoms with van der Waals surface area (Å²) in [6.07, 6.45) is 2.95. The summed E-state index contributed by atoms with van der Waals surface area (Å²) in [5.74, 6) is 0. The van der Waals surface area contributed by atoms with Crippen LogP contribution in [0, 0.1) is 0 Å². The Morgan fingerprint density at radius 1 is 1.20 bits per heavy atom. The van der Waals surface area contributed by atoms with Gasteiger partial charge in [0.2, 0.25) is 0 Å².